The summed E-state index contributed by atoms with van der Waals surface area (Å²) < 4.78 is 5.25. The first-order valence-corrected chi connectivity index (χ1v) is 3.71. The fraction of sp³-hybridized carbons (Fsp3) is 1.00. The van der Waals surface area contributed by atoms with Crippen LogP contribution in [0.5, 0.6) is 0 Å². The van der Waals surface area contributed by atoms with Crippen molar-refractivity contribution in [2.75, 3.05) is 13.2 Å². The normalized spacial score (nSPS) is 49.7. The molecule has 1 aliphatic carbocycles. The Balaban J connectivity index is 1.85. The summed E-state index contributed by atoms with van der Waals surface area (Å²) in [5.74, 6) is 1.62. The summed E-state index contributed by atoms with van der Waals surface area (Å²) in [6.45, 7) is 1.94. The Morgan fingerprint density at radius 2 is 2.22 bits per heavy atom. The Kier molecular flexibility index (Phi) is 1.24. The Morgan fingerprint density at radius 3 is 2.67 bits per heavy atom. The third-order valence-corrected chi connectivity index (χ3v) is 2.46. The molecular formula is C7H13NO. The molecular weight excluding hydrogens is 114 g/mol. The first-order chi connectivity index (χ1) is 4.38. The quantitative estimate of drug-likeness (QED) is 0.552. The molecule has 1 heterocycles. The van der Waals surface area contributed by atoms with Crippen molar-refractivity contribution in [2.45, 2.75) is 18.9 Å². The fourth-order valence-corrected chi connectivity index (χ4v) is 1.67. The van der Waals surface area contributed by atoms with E-state index in [0.29, 0.717) is 6.04 Å². The highest BCUT2D eigenvalue weighted by atomic mass is 16.5. The van der Waals surface area contributed by atoms with Crippen LogP contribution in [0.25, 0.3) is 0 Å². The van der Waals surface area contributed by atoms with E-state index in [4.69, 9.17) is 10.5 Å². The molecule has 9 heavy (non-hydrogen) atoms. The van der Waals surface area contributed by atoms with E-state index >= 15 is 0 Å². The number of nitrogens with two attached hydrogens (primary N) is 1. The van der Waals surface area contributed by atoms with Crippen LogP contribution in [-0.2, 0) is 4.74 Å². The van der Waals surface area contributed by atoms with E-state index in [-0.39, 0.29) is 0 Å². The molecule has 1 saturated carbocycles. The van der Waals surface area contributed by atoms with Crippen LogP contribution in [0.4, 0.5) is 0 Å². The molecule has 1 aliphatic heterocycles. The van der Waals surface area contributed by atoms with Crippen molar-refractivity contribution >= 4 is 0 Å². The summed E-state index contributed by atoms with van der Waals surface area (Å²) >= 11 is 0. The minimum absolute atomic E-state index is 0.511. The number of hydrogen-bond donors (Lipinski definition) is 1. The molecule has 0 radical (unpaired) electrons. The summed E-state index contributed by atoms with van der Waals surface area (Å²) in [4.78, 5) is 0. The molecule has 0 unspecified atom stereocenters. The second kappa shape index (κ2) is 1.96. The fourth-order valence-electron chi connectivity index (χ4n) is 1.67. The zero-order valence-corrected chi connectivity index (χ0v) is 5.55. The summed E-state index contributed by atoms with van der Waals surface area (Å²) in [6, 6.07) is 0.511. The molecule has 0 amide bonds. The highest BCUT2D eigenvalue weighted by Crippen LogP contribution is 2.39. The Labute approximate surface area is 55.4 Å². The van der Waals surface area contributed by atoms with Gasteiger partial charge in [0.15, 0.2) is 0 Å². The van der Waals surface area contributed by atoms with Gasteiger partial charge < -0.3 is 10.5 Å². The minimum Gasteiger partial charge on any atom is -0.381 e. The average molecular weight is 127 g/mol. The lowest BCUT2D eigenvalue weighted by atomic mass is 10.0. The Morgan fingerprint density at radius 1 is 1.44 bits per heavy atom. The van der Waals surface area contributed by atoms with Gasteiger partial charge in [0.05, 0.1) is 0 Å². The van der Waals surface area contributed by atoms with E-state index in [1.165, 1.54) is 12.8 Å². The topological polar surface area (TPSA) is 35.2 Å². The van der Waals surface area contributed by atoms with E-state index in [1.54, 1.807) is 0 Å². The second-order valence-corrected chi connectivity index (χ2v) is 3.19. The van der Waals surface area contributed by atoms with E-state index in [0.717, 1.165) is 25.0 Å². The van der Waals surface area contributed by atoms with Crippen molar-refractivity contribution in [1.29, 1.82) is 0 Å². The highest BCUT2D eigenvalue weighted by Gasteiger charge is 2.41. The Bertz CT molecular complexity index is 109. The maximum Gasteiger partial charge on any atom is 0.0498 e. The van der Waals surface area contributed by atoms with Crippen LogP contribution < -0.4 is 5.73 Å². The van der Waals surface area contributed by atoms with Gasteiger partial charge in [-0.15, -0.1) is 0 Å². The molecule has 0 aromatic rings. The molecule has 0 spiro atoms. The van der Waals surface area contributed by atoms with Crippen molar-refractivity contribution in [3.05, 3.63) is 0 Å². The van der Waals surface area contributed by atoms with Crippen molar-refractivity contribution in [1.82, 2.24) is 0 Å². The summed E-state index contributed by atoms with van der Waals surface area (Å²) in [7, 11) is 0. The number of rotatable bonds is 1. The van der Waals surface area contributed by atoms with Gasteiger partial charge in [-0.2, -0.15) is 0 Å². The van der Waals surface area contributed by atoms with E-state index in [9.17, 15) is 0 Å². The molecule has 2 rings (SSSR count). The van der Waals surface area contributed by atoms with Gasteiger partial charge in [0, 0.05) is 19.3 Å². The molecule has 2 aliphatic rings. The van der Waals surface area contributed by atoms with Crippen molar-refractivity contribution in [3.8, 4) is 0 Å². The third-order valence-electron chi connectivity index (χ3n) is 2.46. The SMILES string of the molecule is N[C@@H]1C[C@H]1[C@@H]1CCOC1. The van der Waals surface area contributed by atoms with Crippen molar-refractivity contribution in [3.63, 3.8) is 0 Å². The van der Waals surface area contributed by atoms with Gasteiger partial charge >= 0.3 is 0 Å². The van der Waals surface area contributed by atoms with Crippen molar-refractivity contribution < 1.29 is 4.74 Å². The predicted molar refractivity (Wildman–Crippen MR) is 35.0 cm³/mol. The van der Waals surface area contributed by atoms with Crippen molar-refractivity contribution in [2.24, 2.45) is 17.6 Å². The van der Waals surface area contributed by atoms with Crippen LogP contribution in [0.3, 0.4) is 0 Å². The van der Waals surface area contributed by atoms with Crippen LogP contribution in [0.15, 0.2) is 0 Å². The van der Waals surface area contributed by atoms with Gasteiger partial charge in [0.25, 0.3) is 0 Å². The lowest BCUT2D eigenvalue weighted by molar-refractivity contribution is 0.181. The first kappa shape index (κ1) is 5.69. The molecule has 0 bridgehead atoms. The molecule has 1 saturated heterocycles. The molecule has 52 valence electrons. The summed E-state index contributed by atoms with van der Waals surface area (Å²) in [5, 5.41) is 0. The molecule has 2 heteroatoms. The zero-order valence-electron chi connectivity index (χ0n) is 5.55. The van der Waals surface area contributed by atoms with Crippen LogP contribution in [0.2, 0.25) is 0 Å². The predicted octanol–water partition coefficient (Wildman–Crippen LogP) is 0.370. The lowest BCUT2D eigenvalue weighted by Gasteiger charge is -2.02. The monoisotopic (exact) mass is 127 g/mol. The molecule has 0 aromatic carbocycles. The maximum absolute atomic E-state index is 5.69. The largest absolute Gasteiger partial charge is 0.381 e. The second-order valence-electron chi connectivity index (χ2n) is 3.19. The standard InChI is InChI=1S/C7H13NO/c8-7-3-6(7)5-1-2-9-4-5/h5-7H,1-4,8H2/t5-,6+,7-/m1/s1. The van der Waals surface area contributed by atoms with Gasteiger partial charge in [-0.1, -0.05) is 0 Å². The number of hydrogen-bond acceptors (Lipinski definition) is 2. The third kappa shape index (κ3) is 0.970. The maximum atomic E-state index is 5.69. The zero-order chi connectivity index (χ0) is 6.27. The summed E-state index contributed by atoms with van der Waals surface area (Å²) in [5.41, 5.74) is 5.69. The van der Waals surface area contributed by atoms with Gasteiger partial charge in [-0.25, -0.2) is 0 Å². The van der Waals surface area contributed by atoms with Gasteiger partial charge in [0.2, 0.25) is 0 Å². The number of ether oxygens (including phenoxy) is 1. The van der Waals surface area contributed by atoms with E-state index in [1.807, 2.05) is 0 Å². The van der Waals surface area contributed by atoms with Gasteiger partial charge in [-0.05, 0) is 24.7 Å². The minimum atomic E-state index is 0.511. The average Bonchev–Trinajstić information content (AvgIpc) is 2.44. The van der Waals surface area contributed by atoms with Crippen LogP contribution >= 0.6 is 0 Å². The smallest absolute Gasteiger partial charge is 0.0498 e. The van der Waals surface area contributed by atoms with Gasteiger partial charge in [0.1, 0.15) is 0 Å². The van der Waals surface area contributed by atoms with E-state index < -0.39 is 0 Å². The van der Waals surface area contributed by atoms with Crippen LogP contribution in [0.1, 0.15) is 12.8 Å². The highest BCUT2D eigenvalue weighted by molar-refractivity contribution is 4.95. The van der Waals surface area contributed by atoms with E-state index in [2.05, 4.69) is 0 Å². The molecule has 2 nitrogen and oxygen atoms in total. The van der Waals surface area contributed by atoms with Gasteiger partial charge in [-0.3, -0.25) is 0 Å². The molecule has 3 atom stereocenters. The Hall–Kier alpha value is -0.0800. The lowest BCUT2D eigenvalue weighted by Crippen LogP contribution is -2.10. The molecule has 2 fully saturated rings. The first-order valence-electron chi connectivity index (χ1n) is 3.71. The van der Waals surface area contributed by atoms with Crippen LogP contribution in [0, 0.1) is 11.8 Å². The molecule has 0 aromatic heterocycles. The molecule has 2 N–H and O–H groups in total. The summed E-state index contributed by atoms with van der Waals surface area (Å²) in [6.07, 6.45) is 2.49. The van der Waals surface area contributed by atoms with Crippen LogP contribution in [-0.4, -0.2) is 19.3 Å².